The fourth-order valence-corrected chi connectivity index (χ4v) is 1.57. The highest BCUT2D eigenvalue weighted by Gasteiger charge is 2.05. The van der Waals surface area contributed by atoms with Crippen molar-refractivity contribution in [2.75, 3.05) is 0 Å². The first kappa shape index (κ1) is 8.84. The number of rotatable bonds is 2. The lowest BCUT2D eigenvalue weighted by Gasteiger charge is -1.98. The summed E-state index contributed by atoms with van der Waals surface area (Å²) >= 11 is 0. The zero-order chi connectivity index (χ0) is 11.0. The van der Waals surface area contributed by atoms with Gasteiger partial charge < -0.3 is 5.21 Å². The minimum atomic E-state index is 0.581. The van der Waals surface area contributed by atoms with Crippen molar-refractivity contribution in [2.45, 2.75) is 6.42 Å². The Morgan fingerprint density at radius 1 is 1.38 bits per heavy atom. The number of hydrogen-bond acceptors (Lipinski definition) is 5. The molecule has 0 aliphatic carbocycles. The molecule has 3 rings (SSSR count). The van der Waals surface area contributed by atoms with Crippen LogP contribution in [0.15, 0.2) is 24.5 Å². The Labute approximate surface area is 89.7 Å². The van der Waals surface area contributed by atoms with Gasteiger partial charge >= 0.3 is 0 Å². The molecule has 2 aromatic heterocycles. The molecule has 0 aliphatic heterocycles. The van der Waals surface area contributed by atoms with E-state index in [1.165, 1.54) is 6.33 Å². The first-order chi connectivity index (χ1) is 7.83. The Hall–Kier alpha value is -2.44. The standard InChI is InChI=1S/C9H8N6O/c16-15-8-3-6(1-2-7(8)12-14-15)4-9-10-5-11-13-9/h1-3,5,16H,4H2,(H,10,11,13). The second-order valence-corrected chi connectivity index (χ2v) is 3.41. The van der Waals surface area contributed by atoms with Gasteiger partial charge in [-0.2, -0.15) is 5.10 Å². The Morgan fingerprint density at radius 3 is 3.12 bits per heavy atom. The maximum absolute atomic E-state index is 9.37. The van der Waals surface area contributed by atoms with Crippen LogP contribution in [0.3, 0.4) is 0 Å². The van der Waals surface area contributed by atoms with Crippen LogP contribution in [-0.4, -0.2) is 35.5 Å². The van der Waals surface area contributed by atoms with E-state index in [9.17, 15) is 5.21 Å². The third-order valence-corrected chi connectivity index (χ3v) is 2.33. The fourth-order valence-electron chi connectivity index (χ4n) is 1.57. The quantitative estimate of drug-likeness (QED) is 0.604. The maximum atomic E-state index is 9.37. The van der Waals surface area contributed by atoms with Crippen molar-refractivity contribution in [3.8, 4) is 0 Å². The van der Waals surface area contributed by atoms with Crippen LogP contribution in [0.4, 0.5) is 0 Å². The van der Waals surface area contributed by atoms with E-state index >= 15 is 0 Å². The molecule has 0 radical (unpaired) electrons. The first-order valence-electron chi connectivity index (χ1n) is 4.71. The van der Waals surface area contributed by atoms with Crippen LogP contribution in [0.1, 0.15) is 11.4 Å². The molecule has 0 aliphatic rings. The average molecular weight is 216 g/mol. The van der Waals surface area contributed by atoms with Crippen molar-refractivity contribution < 1.29 is 5.21 Å². The predicted octanol–water partition coefficient (Wildman–Crippen LogP) is 0.377. The average Bonchev–Trinajstić information content (AvgIpc) is 2.90. The number of benzene rings is 1. The van der Waals surface area contributed by atoms with E-state index in [0.717, 1.165) is 16.2 Å². The van der Waals surface area contributed by atoms with Gasteiger partial charge in [-0.1, -0.05) is 10.9 Å². The molecule has 2 N–H and O–H groups in total. The minimum absolute atomic E-state index is 0.581. The van der Waals surface area contributed by atoms with Crippen LogP contribution >= 0.6 is 0 Å². The summed E-state index contributed by atoms with van der Waals surface area (Å²) < 4.78 is 0. The molecule has 0 saturated heterocycles. The van der Waals surface area contributed by atoms with Gasteiger partial charge in [0.25, 0.3) is 0 Å². The smallest absolute Gasteiger partial charge is 0.137 e. The Balaban J connectivity index is 2.01. The topological polar surface area (TPSA) is 92.5 Å². The molecule has 0 bridgehead atoms. The molecular formula is C9H8N6O. The number of hydrogen-bond donors (Lipinski definition) is 2. The van der Waals surface area contributed by atoms with Gasteiger partial charge in [0.2, 0.25) is 0 Å². The summed E-state index contributed by atoms with van der Waals surface area (Å²) in [6, 6.07) is 5.54. The molecule has 7 heteroatoms. The summed E-state index contributed by atoms with van der Waals surface area (Å²) in [5.41, 5.74) is 2.24. The van der Waals surface area contributed by atoms with Crippen molar-refractivity contribution in [3.63, 3.8) is 0 Å². The van der Waals surface area contributed by atoms with Crippen LogP contribution in [0.2, 0.25) is 0 Å². The van der Waals surface area contributed by atoms with Crippen LogP contribution in [-0.2, 0) is 6.42 Å². The van der Waals surface area contributed by atoms with E-state index in [1.54, 1.807) is 6.07 Å². The number of aromatic amines is 1. The molecule has 80 valence electrons. The van der Waals surface area contributed by atoms with Gasteiger partial charge in [0.1, 0.15) is 23.2 Å². The molecule has 16 heavy (non-hydrogen) atoms. The number of fused-ring (bicyclic) bond motifs is 1. The van der Waals surface area contributed by atoms with Gasteiger partial charge in [0, 0.05) is 6.42 Å². The summed E-state index contributed by atoms with van der Waals surface area (Å²) in [5.74, 6) is 0.774. The molecular weight excluding hydrogens is 208 g/mol. The maximum Gasteiger partial charge on any atom is 0.137 e. The van der Waals surface area contributed by atoms with Gasteiger partial charge in [-0.05, 0) is 22.9 Å². The normalized spacial score (nSPS) is 11.0. The van der Waals surface area contributed by atoms with Crippen LogP contribution < -0.4 is 0 Å². The molecule has 0 fully saturated rings. The summed E-state index contributed by atoms with van der Waals surface area (Å²) in [6.07, 6.45) is 2.09. The highest BCUT2D eigenvalue weighted by atomic mass is 16.5. The van der Waals surface area contributed by atoms with Crippen molar-refractivity contribution >= 4 is 11.0 Å². The minimum Gasteiger partial charge on any atom is -0.410 e. The van der Waals surface area contributed by atoms with Crippen molar-refractivity contribution in [1.82, 2.24) is 30.3 Å². The fraction of sp³-hybridized carbons (Fsp3) is 0.111. The van der Waals surface area contributed by atoms with E-state index in [4.69, 9.17) is 0 Å². The lowest BCUT2D eigenvalue weighted by molar-refractivity contribution is 0.154. The van der Waals surface area contributed by atoms with Gasteiger partial charge in [0.05, 0.1) is 0 Å². The Morgan fingerprint density at radius 2 is 2.31 bits per heavy atom. The highest BCUT2D eigenvalue weighted by Crippen LogP contribution is 2.14. The Bertz CT molecular complexity index is 614. The SMILES string of the molecule is On1nnc2ccc(Cc3ncn[nH]3)cc21. The lowest BCUT2D eigenvalue weighted by Crippen LogP contribution is -1.94. The number of nitrogens with one attached hydrogen (secondary N) is 1. The van der Waals surface area contributed by atoms with Gasteiger partial charge in [0.15, 0.2) is 0 Å². The number of H-pyrrole nitrogens is 1. The molecule has 3 aromatic rings. The third-order valence-electron chi connectivity index (χ3n) is 2.33. The van der Waals surface area contributed by atoms with E-state index in [-0.39, 0.29) is 0 Å². The molecule has 0 unspecified atom stereocenters. The van der Waals surface area contributed by atoms with E-state index in [2.05, 4.69) is 25.5 Å². The molecule has 1 aromatic carbocycles. The summed E-state index contributed by atoms with van der Waals surface area (Å²) in [7, 11) is 0. The van der Waals surface area contributed by atoms with E-state index in [1.807, 2.05) is 12.1 Å². The summed E-state index contributed by atoms with van der Waals surface area (Å²) in [4.78, 5) is 4.80. The van der Waals surface area contributed by atoms with Crippen molar-refractivity contribution in [3.05, 3.63) is 35.9 Å². The zero-order valence-corrected chi connectivity index (χ0v) is 8.20. The summed E-state index contributed by atoms with van der Waals surface area (Å²) in [6.45, 7) is 0. The first-order valence-corrected chi connectivity index (χ1v) is 4.71. The largest absolute Gasteiger partial charge is 0.410 e. The molecule has 0 spiro atoms. The third kappa shape index (κ3) is 1.38. The van der Waals surface area contributed by atoms with Gasteiger partial charge in [-0.15, -0.1) is 5.10 Å². The van der Waals surface area contributed by atoms with Crippen LogP contribution in [0.25, 0.3) is 11.0 Å². The Kier molecular flexibility index (Phi) is 1.82. The predicted molar refractivity (Wildman–Crippen MR) is 53.9 cm³/mol. The second kappa shape index (κ2) is 3.30. The van der Waals surface area contributed by atoms with Gasteiger partial charge in [-0.3, -0.25) is 5.10 Å². The lowest BCUT2D eigenvalue weighted by atomic mass is 10.1. The van der Waals surface area contributed by atoms with Gasteiger partial charge in [-0.25, -0.2) is 4.98 Å². The monoisotopic (exact) mass is 216 g/mol. The van der Waals surface area contributed by atoms with E-state index in [0.29, 0.717) is 17.5 Å². The summed E-state index contributed by atoms with van der Waals surface area (Å²) in [5, 5.41) is 23.2. The molecule has 0 amide bonds. The van der Waals surface area contributed by atoms with E-state index < -0.39 is 0 Å². The van der Waals surface area contributed by atoms with Crippen molar-refractivity contribution in [2.24, 2.45) is 0 Å². The van der Waals surface area contributed by atoms with Crippen LogP contribution in [0.5, 0.6) is 0 Å². The van der Waals surface area contributed by atoms with Crippen molar-refractivity contribution in [1.29, 1.82) is 0 Å². The molecule has 0 atom stereocenters. The second-order valence-electron chi connectivity index (χ2n) is 3.41. The molecule has 0 saturated carbocycles. The van der Waals surface area contributed by atoms with Crippen LogP contribution in [0, 0.1) is 0 Å². The molecule has 2 heterocycles. The zero-order valence-electron chi connectivity index (χ0n) is 8.20. The number of nitrogens with zero attached hydrogens (tertiary/aromatic N) is 5. The molecule has 7 nitrogen and oxygen atoms in total. The number of aromatic nitrogens is 6. The highest BCUT2D eigenvalue weighted by molar-refractivity contribution is 5.74.